The maximum atomic E-state index is 2.58. The maximum absolute atomic E-state index is 2.58. The maximum Gasteiger partial charge on any atom is 0.0727 e. The van der Waals surface area contributed by atoms with E-state index < -0.39 is 5.41 Å². The Morgan fingerprint density at radius 2 is 0.667 bits per heavy atom. The van der Waals surface area contributed by atoms with Gasteiger partial charge in [-0.2, -0.15) is 0 Å². The lowest BCUT2D eigenvalue weighted by molar-refractivity contribution is 0.505. The second-order valence-electron chi connectivity index (χ2n) is 18.2. The summed E-state index contributed by atoms with van der Waals surface area (Å²) < 4.78 is 0. The molecule has 294 valence electrons. The molecule has 8 aromatic carbocycles. The zero-order valence-electron chi connectivity index (χ0n) is 35.6. The predicted octanol–water partition coefficient (Wildman–Crippen LogP) is 16.0. The number of para-hydroxylation sites is 4. The van der Waals surface area contributed by atoms with Gasteiger partial charge in [-0.05, 0) is 146 Å². The van der Waals surface area contributed by atoms with Crippen LogP contribution in [0.2, 0.25) is 0 Å². The van der Waals surface area contributed by atoms with E-state index in [0.29, 0.717) is 0 Å². The zero-order chi connectivity index (χ0) is 41.2. The summed E-state index contributed by atoms with van der Waals surface area (Å²) in [5.74, 6) is 0. The zero-order valence-corrected chi connectivity index (χ0v) is 35.6. The highest BCUT2D eigenvalue weighted by atomic mass is 15.1. The summed E-state index contributed by atoms with van der Waals surface area (Å²) in [5.41, 5.74) is 19.5. The molecule has 0 fully saturated rings. The minimum Gasteiger partial charge on any atom is -0.310 e. The van der Waals surface area contributed by atoms with Crippen molar-refractivity contribution in [3.05, 3.63) is 228 Å². The van der Waals surface area contributed by atoms with E-state index in [4.69, 9.17) is 0 Å². The molecular weight excluding hydrogens is 725 g/mol. The summed E-state index contributed by atoms with van der Waals surface area (Å²) >= 11 is 0. The van der Waals surface area contributed by atoms with Crippen molar-refractivity contribution < 1.29 is 0 Å². The molecule has 60 heavy (non-hydrogen) atoms. The number of hydrogen-bond donors (Lipinski definition) is 0. The summed E-state index contributed by atoms with van der Waals surface area (Å²) in [6, 6.07) is 72.4. The molecule has 0 unspecified atom stereocenters. The first-order chi connectivity index (χ1) is 29.1. The molecule has 0 heterocycles. The van der Waals surface area contributed by atoms with Gasteiger partial charge in [0, 0.05) is 34.1 Å². The van der Waals surface area contributed by atoms with Crippen LogP contribution in [-0.4, -0.2) is 0 Å². The van der Waals surface area contributed by atoms with Crippen molar-refractivity contribution in [2.75, 3.05) is 9.80 Å². The van der Waals surface area contributed by atoms with Crippen LogP contribution in [0.4, 0.5) is 34.1 Å². The Morgan fingerprint density at radius 3 is 1.02 bits per heavy atom. The Morgan fingerprint density at radius 1 is 0.350 bits per heavy atom. The Labute approximate surface area is 356 Å². The van der Waals surface area contributed by atoms with Crippen molar-refractivity contribution in [1.82, 2.24) is 0 Å². The van der Waals surface area contributed by atoms with Crippen molar-refractivity contribution in [3.63, 3.8) is 0 Å². The van der Waals surface area contributed by atoms with Gasteiger partial charge in [-0.25, -0.2) is 0 Å². The van der Waals surface area contributed by atoms with Gasteiger partial charge >= 0.3 is 0 Å². The monoisotopic (exact) mass is 776 g/mol. The fourth-order valence-electron chi connectivity index (χ4n) is 9.78. The van der Waals surface area contributed by atoms with Crippen LogP contribution < -0.4 is 9.80 Å². The molecular formula is C58H52N2. The van der Waals surface area contributed by atoms with Crippen LogP contribution in [0.3, 0.4) is 0 Å². The molecule has 0 aromatic heterocycles. The van der Waals surface area contributed by atoms with Crippen molar-refractivity contribution in [1.29, 1.82) is 0 Å². The van der Waals surface area contributed by atoms with E-state index in [2.05, 4.69) is 245 Å². The number of nitrogens with zero attached hydrogens (tertiary/aromatic N) is 2. The molecule has 10 rings (SSSR count). The van der Waals surface area contributed by atoms with Gasteiger partial charge in [0.05, 0.1) is 5.41 Å². The third-order valence-corrected chi connectivity index (χ3v) is 13.3. The Hall–Kier alpha value is -6.64. The van der Waals surface area contributed by atoms with E-state index in [0.717, 1.165) is 40.5 Å². The molecule has 0 saturated heterocycles. The van der Waals surface area contributed by atoms with Crippen molar-refractivity contribution in [2.45, 2.75) is 64.2 Å². The number of benzene rings is 8. The fourth-order valence-corrected chi connectivity index (χ4v) is 9.78. The standard InChI is InChI=1S/C58H52N2/c1-7-57(5,6)41-29-33-49-48-32-28-40(56(2,3)4)36-52(48)58(53(49)37-41)54-38-46(59(42-20-12-8-13-21-42)43-22-14-9-15-23-43)30-34-50(54)51-35-31-47(39-55(51)58)60(44-24-16-10-17-25-44)45-26-18-11-19-27-45/h8-39H,7H2,1-6H3. The van der Waals surface area contributed by atoms with Gasteiger partial charge in [-0.1, -0.05) is 163 Å². The highest BCUT2D eigenvalue weighted by Gasteiger charge is 2.53. The topological polar surface area (TPSA) is 6.48 Å². The molecule has 1 spiro atoms. The van der Waals surface area contributed by atoms with Gasteiger partial charge in [0.15, 0.2) is 0 Å². The fraction of sp³-hybridized carbons (Fsp3) is 0.172. The van der Waals surface area contributed by atoms with Gasteiger partial charge in [-0.3, -0.25) is 0 Å². The van der Waals surface area contributed by atoms with E-state index in [1.54, 1.807) is 0 Å². The molecule has 0 saturated carbocycles. The Balaban J connectivity index is 1.32. The van der Waals surface area contributed by atoms with E-state index in [1.165, 1.54) is 55.6 Å². The first-order valence-corrected chi connectivity index (χ1v) is 21.5. The van der Waals surface area contributed by atoms with Crippen LogP contribution in [0.25, 0.3) is 22.3 Å². The minimum absolute atomic E-state index is 0.00433. The molecule has 8 aromatic rings. The highest BCUT2D eigenvalue weighted by molar-refractivity contribution is 5.98. The van der Waals surface area contributed by atoms with E-state index >= 15 is 0 Å². The van der Waals surface area contributed by atoms with Gasteiger partial charge in [-0.15, -0.1) is 0 Å². The molecule has 0 N–H and O–H groups in total. The van der Waals surface area contributed by atoms with Gasteiger partial charge < -0.3 is 9.80 Å². The molecule has 2 aliphatic carbocycles. The second-order valence-corrected chi connectivity index (χ2v) is 18.2. The highest BCUT2D eigenvalue weighted by Crippen LogP contribution is 2.65. The first kappa shape index (κ1) is 37.6. The van der Waals surface area contributed by atoms with E-state index in [9.17, 15) is 0 Å². The van der Waals surface area contributed by atoms with E-state index in [1.807, 2.05) is 0 Å². The van der Waals surface area contributed by atoms with E-state index in [-0.39, 0.29) is 10.8 Å². The average Bonchev–Trinajstić information content (AvgIpc) is 3.73. The Bertz CT molecular complexity index is 2640. The van der Waals surface area contributed by atoms with Crippen LogP contribution in [0.1, 0.15) is 81.3 Å². The quantitative estimate of drug-likeness (QED) is 0.152. The molecule has 0 bridgehead atoms. The molecule has 0 radical (unpaired) electrons. The van der Waals surface area contributed by atoms with Crippen LogP contribution in [0.5, 0.6) is 0 Å². The molecule has 2 heteroatoms. The van der Waals surface area contributed by atoms with Crippen LogP contribution in [0.15, 0.2) is 194 Å². The summed E-state index contributed by atoms with van der Waals surface area (Å²) in [6.45, 7) is 14.1. The number of hydrogen-bond acceptors (Lipinski definition) is 2. The lowest BCUT2D eigenvalue weighted by Crippen LogP contribution is -2.28. The number of fused-ring (bicyclic) bond motifs is 10. The normalized spacial score (nSPS) is 13.4. The molecule has 0 amide bonds. The average molecular weight is 777 g/mol. The second kappa shape index (κ2) is 14.3. The molecule has 0 aliphatic heterocycles. The van der Waals surface area contributed by atoms with Crippen LogP contribution >= 0.6 is 0 Å². The lowest BCUT2D eigenvalue weighted by Gasteiger charge is -2.35. The molecule has 2 aliphatic rings. The van der Waals surface area contributed by atoms with Gasteiger partial charge in [0.2, 0.25) is 0 Å². The summed E-state index contributed by atoms with van der Waals surface area (Å²) in [4.78, 5) is 4.82. The third-order valence-electron chi connectivity index (χ3n) is 13.3. The smallest absolute Gasteiger partial charge is 0.0727 e. The SMILES string of the molecule is CCC(C)(C)c1ccc2c(c1)C1(c3cc(N(c4ccccc4)c4ccccc4)ccc3-c3ccc(N(c4ccccc4)c4ccccc4)cc31)c1cc(C(C)(C)C)ccc1-2. The summed E-state index contributed by atoms with van der Waals surface area (Å²) in [6.07, 6.45) is 1.05. The molecule has 0 atom stereocenters. The van der Waals surface area contributed by atoms with Gasteiger partial charge in [0.1, 0.15) is 0 Å². The van der Waals surface area contributed by atoms with Crippen molar-refractivity contribution >= 4 is 34.1 Å². The van der Waals surface area contributed by atoms with Crippen LogP contribution in [0, 0.1) is 0 Å². The van der Waals surface area contributed by atoms with Crippen LogP contribution in [-0.2, 0) is 16.2 Å². The minimum atomic E-state index is -0.583. The summed E-state index contributed by atoms with van der Waals surface area (Å²) in [7, 11) is 0. The predicted molar refractivity (Wildman–Crippen MR) is 254 cm³/mol. The van der Waals surface area contributed by atoms with Gasteiger partial charge in [0.25, 0.3) is 0 Å². The first-order valence-electron chi connectivity index (χ1n) is 21.5. The number of rotatable bonds is 8. The largest absolute Gasteiger partial charge is 0.310 e. The molecule has 2 nitrogen and oxygen atoms in total. The van der Waals surface area contributed by atoms with Crippen molar-refractivity contribution in [2.24, 2.45) is 0 Å². The Kier molecular flexibility index (Phi) is 8.95. The summed E-state index contributed by atoms with van der Waals surface area (Å²) in [5, 5.41) is 0. The lowest BCUT2D eigenvalue weighted by atomic mass is 9.68. The third kappa shape index (κ3) is 5.92. The number of anilines is 6. The van der Waals surface area contributed by atoms with Crippen molar-refractivity contribution in [3.8, 4) is 22.3 Å².